The second-order valence-electron chi connectivity index (χ2n) is 3.71. The van der Waals surface area contributed by atoms with Crippen molar-refractivity contribution in [2.75, 3.05) is 0 Å². The Morgan fingerprint density at radius 3 is 2.80 bits per heavy atom. The van der Waals surface area contributed by atoms with E-state index in [4.69, 9.17) is 0 Å². The van der Waals surface area contributed by atoms with Crippen molar-refractivity contribution >= 4 is 0 Å². The third-order valence-corrected chi connectivity index (χ3v) is 2.48. The van der Waals surface area contributed by atoms with Crippen molar-refractivity contribution in [1.82, 2.24) is 5.32 Å². The number of benzene rings is 1. The van der Waals surface area contributed by atoms with Crippen LogP contribution in [0.15, 0.2) is 36.9 Å². The Balaban J connectivity index is 2.78. The smallest absolute Gasteiger partial charge is 0.123 e. The monoisotopic (exact) mass is 207 g/mol. The third-order valence-electron chi connectivity index (χ3n) is 2.48. The first-order valence-electron chi connectivity index (χ1n) is 5.31. The van der Waals surface area contributed by atoms with Crippen molar-refractivity contribution in [3.8, 4) is 0 Å². The van der Waals surface area contributed by atoms with Crippen LogP contribution in [0.5, 0.6) is 0 Å². The maximum Gasteiger partial charge on any atom is 0.123 e. The van der Waals surface area contributed by atoms with Crippen molar-refractivity contribution in [3.63, 3.8) is 0 Å². The molecule has 0 aliphatic heterocycles. The number of hydrogen-bond donors (Lipinski definition) is 1. The van der Waals surface area contributed by atoms with Gasteiger partial charge in [-0.15, -0.1) is 6.58 Å². The predicted molar refractivity (Wildman–Crippen MR) is 62.2 cm³/mol. The summed E-state index contributed by atoms with van der Waals surface area (Å²) in [5.74, 6) is -0.181. The van der Waals surface area contributed by atoms with Crippen molar-refractivity contribution in [1.29, 1.82) is 0 Å². The van der Waals surface area contributed by atoms with Gasteiger partial charge in [-0.1, -0.05) is 25.1 Å². The molecule has 0 saturated carbocycles. The molecule has 2 unspecified atom stereocenters. The van der Waals surface area contributed by atoms with Crippen LogP contribution < -0.4 is 5.32 Å². The first kappa shape index (κ1) is 11.9. The molecule has 0 radical (unpaired) electrons. The highest BCUT2D eigenvalue weighted by Gasteiger charge is 2.10. The summed E-state index contributed by atoms with van der Waals surface area (Å²) in [5, 5.41) is 3.38. The Morgan fingerprint density at radius 2 is 2.27 bits per heavy atom. The van der Waals surface area contributed by atoms with Crippen molar-refractivity contribution in [3.05, 3.63) is 48.3 Å². The summed E-state index contributed by atoms with van der Waals surface area (Å²) < 4.78 is 13.0. The summed E-state index contributed by atoms with van der Waals surface area (Å²) in [7, 11) is 0. The van der Waals surface area contributed by atoms with Gasteiger partial charge in [-0.05, 0) is 31.0 Å². The second-order valence-corrected chi connectivity index (χ2v) is 3.71. The molecule has 1 aromatic carbocycles. The van der Waals surface area contributed by atoms with Crippen LogP contribution in [0.2, 0.25) is 0 Å². The van der Waals surface area contributed by atoms with Gasteiger partial charge in [0.25, 0.3) is 0 Å². The quantitative estimate of drug-likeness (QED) is 0.729. The fourth-order valence-electron chi connectivity index (χ4n) is 1.56. The molecule has 2 atom stereocenters. The lowest BCUT2D eigenvalue weighted by molar-refractivity contribution is 0.487. The topological polar surface area (TPSA) is 12.0 Å². The normalized spacial score (nSPS) is 14.6. The molecule has 0 aliphatic rings. The molecule has 0 saturated heterocycles. The summed E-state index contributed by atoms with van der Waals surface area (Å²) >= 11 is 0. The van der Waals surface area contributed by atoms with Gasteiger partial charge in [-0.25, -0.2) is 4.39 Å². The molecule has 15 heavy (non-hydrogen) atoms. The molecule has 0 heterocycles. The van der Waals surface area contributed by atoms with Crippen LogP contribution in [0.1, 0.15) is 31.9 Å². The van der Waals surface area contributed by atoms with Crippen molar-refractivity contribution < 1.29 is 4.39 Å². The van der Waals surface area contributed by atoms with Gasteiger partial charge in [0.1, 0.15) is 5.82 Å². The van der Waals surface area contributed by atoms with Crippen LogP contribution >= 0.6 is 0 Å². The molecule has 2 heteroatoms. The van der Waals surface area contributed by atoms with Crippen LogP contribution in [0.3, 0.4) is 0 Å². The van der Waals surface area contributed by atoms with Gasteiger partial charge in [0.2, 0.25) is 0 Å². The van der Waals surface area contributed by atoms with Crippen LogP contribution in [0.25, 0.3) is 0 Å². The molecule has 0 amide bonds. The standard InChI is InChI=1S/C13H18FN/c1-4-10(3)15-13(5-2)11-7-6-8-12(14)9-11/h4,6-10,13,15H,1,5H2,2-3H3. The zero-order chi connectivity index (χ0) is 11.3. The molecule has 0 fully saturated rings. The van der Waals surface area contributed by atoms with E-state index in [-0.39, 0.29) is 17.9 Å². The zero-order valence-corrected chi connectivity index (χ0v) is 9.33. The third kappa shape index (κ3) is 3.48. The summed E-state index contributed by atoms with van der Waals surface area (Å²) in [6.45, 7) is 7.84. The molecule has 0 spiro atoms. The van der Waals surface area contributed by atoms with Crippen LogP contribution in [0, 0.1) is 5.82 Å². The van der Waals surface area contributed by atoms with Gasteiger partial charge in [-0.2, -0.15) is 0 Å². The molecule has 0 aromatic heterocycles. The molecule has 0 aliphatic carbocycles. The van der Waals surface area contributed by atoms with Gasteiger partial charge in [0.15, 0.2) is 0 Å². The molecule has 1 nitrogen and oxygen atoms in total. The molecule has 0 bridgehead atoms. The zero-order valence-electron chi connectivity index (χ0n) is 9.33. The molecule has 1 rings (SSSR count). The molecule has 1 N–H and O–H groups in total. The lowest BCUT2D eigenvalue weighted by atomic mass is 10.0. The van der Waals surface area contributed by atoms with Crippen LogP contribution in [-0.4, -0.2) is 6.04 Å². The van der Waals surface area contributed by atoms with E-state index in [1.54, 1.807) is 12.1 Å². The number of hydrogen-bond acceptors (Lipinski definition) is 1. The average Bonchev–Trinajstić information content (AvgIpc) is 2.25. The van der Waals surface area contributed by atoms with Gasteiger partial charge in [0.05, 0.1) is 0 Å². The maximum absolute atomic E-state index is 13.0. The lowest BCUT2D eigenvalue weighted by Crippen LogP contribution is -2.28. The van der Waals surface area contributed by atoms with Crippen LogP contribution in [0.4, 0.5) is 4.39 Å². The van der Waals surface area contributed by atoms with Gasteiger partial charge in [0, 0.05) is 12.1 Å². The molecular formula is C13H18FN. The number of halogens is 1. The Morgan fingerprint density at radius 1 is 1.53 bits per heavy atom. The highest BCUT2D eigenvalue weighted by Crippen LogP contribution is 2.18. The minimum atomic E-state index is -0.181. The predicted octanol–water partition coefficient (Wildman–Crippen LogP) is 3.44. The Kier molecular flexibility index (Phi) is 4.50. The minimum absolute atomic E-state index is 0.181. The summed E-state index contributed by atoms with van der Waals surface area (Å²) in [6.07, 6.45) is 2.78. The van der Waals surface area contributed by atoms with E-state index >= 15 is 0 Å². The van der Waals surface area contributed by atoms with Gasteiger partial charge in [-0.3, -0.25) is 0 Å². The Hall–Kier alpha value is -1.15. The first-order chi connectivity index (χ1) is 7.17. The van der Waals surface area contributed by atoms with Gasteiger partial charge >= 0.3 is 0 Å². The van der Waals surface area contributed by atoms with E-state index in [0.717, 1.165) is 12.0 Å². The average molecular weight is 207 g/mol. The summed E-state index contributed by atoms with van der Waals surface area (Å²) in [6, 6.07) is 7.16. The lowest BCUT2D eigenvalue weighted by Gasteiger charge is -2.20. The van der Waals surface area contributed by atoms with Crippen LogP contribution in [-0.2, 0) is 0 Å². The first-order valence-corrected chi connectivity index (χ1v) is 5.31. The van der Waals surface area contributed by atoms with Crippen molar-refractivity contribution in [2.45, 2.75) is 32.4 Å². The number of rotatable bonds is 5. The summed E-state index contributed by atoms with van der Waals surface area (Å²) in [5.41, 5.74) is 0.992. The van der Waals surface area contributed by atoms with E-state index in [9.17, 15) is 4.39 Å². The van der Waals surface area contributed by atoms with E-state index in [0.29, 0.717) is 0 Å². The molecule has 1 aromatic rings. The van der Waals surface area contributed by atoms with E-state index in [2.05, 4.69) is 18.8 Å². The summed E-state index contributed by atoms with van der Waals surface area (Å²) in [4.78, 5) is 0. The fraction of sp³-hybridized carbons (Fsp3) is 0.385. The highest BCUT2D eigenvalue weighted by molar-refractivity contribution is 5.20. The minimum Gasteiger partial charge on any atom is -0.304 e. The SMILES string of the molecule is C=CC(C)NC(CC)c1cccc(F)c1. The second kappa shape index (κ2) is 5.66. The number of nitrogens with one attached hydrogen (secondary N) is 1. The molecule has 82 valence electrons. The van der Waals surface area contributed by atoms with E-state index in [1.165, 1.54) is 6.07 Å². The Labute approximate surface area is 91.0 Å². The maximum atomic E-state index is 13.0. The highest BCUT2D eigenvalue weighted by atomic mass is 19.1. The van der Waals surface area contributed by atoms with E-state index in [1.807, 2.05) is 19.1 Å². The van der Waals surface area contributed by atoms with Crippen molar-refractivity contribution in [2.24, 2.45) is 0 Å². The van der Waals surface area contributed by atoms with Gasteiger partial charge < -0.3 is 5.32 Å². The Bertz CT molecular complexity index is 322. The fourth-order valence-corrected chi connectivity index (χ4v) is 1.56. The largest absolute Gasteiger partial charge is 0.304 e. The van der Waals surface area contributed by atoms with E-state index < -0.39 is 0 Å². The molecular weight excluding hydrogens is 189 g/mol.